The Morgan fingerprint density at radius 3 is 2.74 bits per heavy atom. The Kier molecular flexibility index (Phi) is 5.44. The number of carbonyl (C=O) groups excluding carboxylic acids is 1. The monoisotopic (exact) mass is 265 g/mol. The van der Waals surface area contributed by atoms with Crippen molar-refractivity contribution < 1.29 is 14.7 Å². The minimum Gasteiger partial charge on any atom is -0.478 e. The summed E-state index contributed by atoms with van der Waals surface area (Å²) in [5.41, 5.74) is 6.37. The Balaban J connectivity index is 2.54. The molecule has 1 aromatic heterocycles. The van der Waals surface area contributed by atoms with Gasteiger partial charge in [-0.05, 0) is 24.5 Å². The summed E-state index contributed by atoms with van der Waals surface area (Å²) in [5.74, 6) is -0.933. The predicted molar refractivity (Wildman–Crippen MR) is 70.5 cm³/mol. The first kappa shape index (κ1) is 15.1. The van der Waals surface area contributed by atoms with Gasteiger partial charge in [-0.25, -0.2) is 4.79 Å². The van der Waals surface area contributed by atoms with E-state index in [9.17, 15) is 9.59 Å². The summed E-state index contributed by atoms with van der Waals surface area (Å²) in [4.78, 5) is 26.5. The van der Waals surface area contributed by atoms with Gasteiger partial charge in [0.25, 0.3) is 0 Å². The molecule has 0 saturated heterocycles. The van der Waals surface area contributed by atoms with Crippen LogP contribution in [-0.2, 0) is 11.3 Å². The van der Waals surface area contributed by atoms with E-state index in [0.717, 1.165) is 0 Å². The Hall–Kier alpha value is -1.95. The number of carboxylic acid groups (broad SMARTS) is 1. The molecule has 1 amide bonds. The number of aromatic carboxylic acids is 1. The van der Waals surface area contributed by atoms with E-state index in [0.29, 0.717) is 18.0 Å². The average Bonchev–Trinajstić information content (AvgIpc) is 2.35. The van der Waals surface area contributed by atoms with Crippen LogP contribution < -0.4 is 11.1 Å². The smallest absolute Gasteiger partial charge is 0.335 e. The van der Waals surface area contributed by atoms with Gasteiger partial charge in [-0.3, -0.25) is 9.78 Å². The molecule has 0 bridgehead atoms. The third kappa shape index (κ3) is 5.05. The van der Waals surface area contributed by atoms with Gasteiger partial charge < -0.3 is 16.2 Å². The maximum absolute atomic E-state index is 11.7. The van der Waals surface area contributed by atoms with Crippen molar-refractivity contribution in [3.63, 3.8) is 0 Å². The van der Waals surface area contributed by atoms with E-state index < -0.39 is 12.0 Å². The van der Waals surface area contributed by atoms with E-state index in [1.807, 2.05) is 13.8 Å². The van der Waals surface area contributed by atoms with E-state index in [4.69, 9.17) is 10.8 Å². The number of nitrogens with zero attached hydrogens (tertiary/aromatic N) is 1. The lowest BCUT2D eigenvalue weighted by Crippen LogP contribution is -2.41. The number of amides is 1. The van der Waals surface area contributed by atoms with Gasteiger partial charge in [0.15, 0.2) is 0 Å². The van der Waals surface area contributed by atoms with E-state index in [1.165, 1.54) is 18.3 Å². The molecule has 0 spiro atoms. The topological polar surface area (TPSA) is 105 Å². The summed E-state index contributed by atoms with van der Waals surface area (Å²) in [6.45, 7) is 4.15. The Labute approximate surface area is 112 Å². The van der Waals surface area contributed by atoms with Crippen LogP contribution in [0.5, 0.6) is 0 Å². The van der Waals surface area contributed by atoms with E-state index in [1.54, 1.807) is 0 Å². The predicted octanol–water partition coefficient (Wildman–Crippen LogP) is 0.769. The third-order valence-corrected chi connectivity index (χ3v) is 2.57. The maximum atomic E-state index is 11.7. The van der Waals surface area contributed by atoms with Crippen LogP contribution in [0.1, 0.15) is 36.3 Å². The van der Waals surface area contributed by atoms with Crippen molar-refractivity contribution in [1.82, 2.24) is 10.3 Å². The molecule has 0 saturated carbocycles. The lowest BCUT2D eigenvalue weighted by molar-refractivity contribution is -0.122. The Morgan fingerprint density at radius 2 is 2.16 bits per heavy atom. The number of hydrogen-bond donors (Lipinski definition) is 3. The van der Waals surface area contributed by atoms with Crippen molar-refractivity contribution in [3.05, 3.63) is 29.6 Å². The first-order chi connectivity index (χ1) is 8.90. The molecule has 1 heterocycles. The number of nitrogens with one attached hydrogen (secondary N) is 1. The maximum Gasteiger partial charge on any atom is 0.335 e. The molecule has 6 nitrogen and oxygen atoms in total. The molecule has 0 aromatic carbocycles. The molecule has 1 atom stereocenters. The van der Waals surface area contributed by atoms with Crippen LogP contribution in [0.25, 0.3) is 0 Å². The fourth-order valence-electron chi connectivity index (χ4n) is 1.63. The Morgan fingerprint density at radius 1 is 1.47 bits per heavy atom. The molecular weight excluding hydrogens is 246 g/mol. The molecule has 1 aromatic rings. The molecule has 1 rings (SSSR count). The van der Waals surface area contributed by atoms with E-state index in [2.05, 4.69) is 10.3 Å². The summed E-state index contributed by atoms with van der Waals surface area (Å²) >= 11 is 0. The van der Waals surface area contributed by atoms with Crippen molar-refractivity contribution >= 4 is 11.9 Å². The second-order valence-electron chi connectivity index (χ2n) is 4.79. The lowest BCUT2D eigenvalue weighted by Gasteiger charge is -2.13. The number of carbonyl (C=O) groups is 2. The quantitative estimate of drug-likeness (QED) is 0.704. The van der Waals surface area contributed by atoms with Crippen LogP contribution >= 0.6 is 0 Å². The molecule has 19 heavy (non-hydrogen) atoms. The SMILES string of the molecule is CC(C)C[C@@H](N)C(=O)NCc1cc(C(=O)O)ccn1. The minimum atomic E-state index is -1.02. The molecule has 6 heteroatoms. The van der Waals surface area contributed by atoms with Gasteiger partial charge >= 0.3 is 5.97 Å². The van der Waals surface area contributed by atoms with E-state index >= 15 is 0 Å². The van der Waals surface area contributed by atoms with Crippen LogP contribution in [0.4, 0.5) is 0 Å². The van der Waals surface area contributed by atoms with Crippen LogP contribution in [0, 0.1) is 5.92 Å². The van der Waals surface area contributed by atoms with Crippen LogP contribution in [0.2, 0.25) is 0 Å². The van der Waals surface area contributed by atoms with Gasteiger partial charge in [-0.2, -0.15) is 0 Å². The fourth-order valence-corrected chi connectivity index (χ4v) is 1.63. The van der Waals surface area contributed by atoms with Crippen molar-refractivity contribution in [3.8, 4) is 0 Å². The zero-order valence-corrected chi connectivity index (χ0v) is 11.1. The summed E-state index contributed by atoms with van der Waals surface area (Å²) in [6.07, 6.45) is 2.01. The fraction of sp³-hybridized carbons (Fsp3) is 0.462. The molecule has 4 N–H and O–H groups in total. The van der Waals surface area contributed by atoms with Crippen molar-refractivity contribution in [2.75, 3.05) is 0 Å². The van der Waals surface area contributed by atoms with Gasteiger partial charge in [0.2, 0.25) is 5.91 Å². The second-order valence-corrected chi connectivity index (χ2v) is 4.79. The Bertz CT molecular complexity index is 460. The van der Waals surface area contributed by atoms with Gasteiger partial charge in [-0.1, -0.05) is 13.8 Å². The largest absolute Gasteiger partial charge is 0.478 e. The number of carboxylic acids is 1. The van der Waals surface area contributed by atoms with Gasteiger partial charge in [-0.15, -0.1) is 0 Å². The first-order valence-corrected chi connectivity index (χ1v) is 6.11. The summed E-state index contributed by atoms with van der Waals surface area (Å²) < 4.78 is 0. The molecule has 104 valence electrons. The summed E-state index contributed by atoms with van der Waals surface area (Å²) in [6, 6.07) is 2.28. The number of rotatable bonds is 6. The number of hydrogen-bond acceptors (Lipinski definition) is 4. The van der Waals surface area contributed by atoms with Crippen molar-refractivity contribution in [2.24, 2.45) is 11.7 Å². The van der Waals surface area contributed by atoms with Crippen LogP contribution in [0.3, 0.4) is 0 Å². The second kappa shape index (κ2) is 6.84. The van der Waals surface area contributed by atoms with Crippen molar-refractivity contribution in [1.29, 1.82) is 0 Å². The van der Waals surface area contributed by atoms with Crippen LogP contribution in [0.15, 0.2) is 18.3 Å². The zero-order valence-electron chi connectivity index (χ0n) is 11.1. The molecular formula is C13H19N3O3. The number of pyridine rings is 1. The molecule has 0 aliphatic rings. The van der Waals surface area contributed by atoms with Crippen LogP contribution in [-0.4, -0.2) is 28.0 Å². The highest BCUT2D eigenvalue weighted by atomic mass is 16.4. The lowest BCUT2D eigenvalue weighted by atomic mass is 10.0. The minimum absolute atomic E-state index is 0.144. The van der Waals surface area contributed by atoms with Gasteiger partial charge in [0.05, 0.1) is 23.8 Å². The summed E-state index contributed by atoms with van der Waals surface area (Å²) in [7, 11) is 0. The van der Waals surface area contributed by atoms with Gasteiger partial charge in [0, 0.05) is 6.20 Å². The normalized spacial score (nSPS) is 12.2. The highest BCUT2D eigenvalue weighted by Gasteiger charge is 2.14. The first-order valence-electron chi connectivity index (χ1n) is 6.11. The summed E-state index contributed by atoms with van der Waals surface area (Å²) in [5, 5.41) is 11.5. The highest BCUT2D eigenvalue weighted by Crippen LogP contribution is 2.04. The molecule has 0 fully saturated rings. The molecule has 0 radical (unpaired) electrons. The standard InChI is InChI=1S/C13H19N3O3/c1-8(2)5-11(14)12(17)16-7-10-6-9(13(18)19)3-4-15-10/h3-4,6,8,11H,5,7,14H2,1-2H3,(H,16,17)(H,18,19)/t11-/m1/s1. The molecule has 0 aliphatic heterocycles. The van der Waals surface area contributed by atoms with Crippen molar-refractivity contribution in [2.45, 2.75) is 32.9 Å². The number of aromatic nitrogens is 1. The molecule has 0 unspecified atom stereocenters. The zero-order chi connectivity index (χ0) is 14.4. The van der Waals surface area contributed by atoms with Gasteiger partial charge in [0.1, 0.15) is 0 Å². The number of nitrogens with two attached hydrogens (primary N) is 1. The average molecular weight is 265 g/mol. The molecule has 0 aliphatic carbocycles. The highest BCUT2D eigenvalue weighted by molar-refractivity contribution is 5.87. The van der Waals surface area contributed by atoms with E-state index in [-0.39, 0.29) is 18.0 Å². The third-order valence-electron chi connectivity index (χ3n) is 2.57.